The summed E-state index contributed by atoms with van der Waals surface area (Å²) in [6.07, 6.45) is 1.08. The van der Waals surface area contributed by atoms with Crippen LogP contribution in [0, 0.1) is 5.92 Å². The van der Waals surface area contributed by atoms with Crippen molar-refractivity contribution >= 4 is 34.2 Å². The molecule has 2 rings (SSSR count). The van der Waals surface area contributed by atoms with E-state index in [9.17, 15) is 4.79 Å². The van der Waals surface area contributed by atoms with Gasteiger partial charge in [-0.1, -0.05) is 6.92 Å². The summed E-state index contributed by atoms with van der Waals surface area (Å²) in [6, 6.07) is 3.84. The Balaban J connectivity index is 0.00000162. The van der Waals surface area contributed by atoms with Gasteiger partial charge in [0.1, 0.15) is 0 Å². The SMILES string of the molecule is CC1CCNC(C)C1NC(=O)c1ccc(Br)o1.Cl. The van der Waals surface area contributed by atoms with Crippen molar-refractivity contribution in [3.05, 3.63) is 22.6 Å². The second kappa shape index (κ2) is 6.59. The largest absolute Gasteiger partial charge is 0.444 e. The van der Waals surface area contributed by atoms with Gasteiger partial charge in [-0.25, -0.2) is 0 Å². The third-order valence-corrected chi connectivity index (χ3v) is 3.74. The molecule has 0 spiro atoms. The minimum atomic E-state index is -0.150. The molecule has 0 bridgehead atoms. The van der Waals surface area contributed by atoms with E-state index in [1.165, 1.54) is 0 Å². The van der Waals surface area contributed by atoms with Gasteiger partial charge in [0.05, 0.1) is 0 Å². The Labute approximate surface area is 121 Å². The van der Waals surface area contributed by atoms with Gasteiger partial charge >= 0.3 is 0 Å². The molecule has 6 heteroatoms. The molecule has 0 saturated carbocycles. The van der Waals surface area contributed by atoms with Crippen LogP contribution in [0.2, 0.25) is 0 Å². The first-order valence-corrected chi connectivity index (χ1v) is 6.67. The predicted octanol–water partition coefficient (Wildman–Crippen LogP) is 2.58. The maximum Gasteiger partial charge on any atom is 0.287 e. The first kappa shape index (κ1) is 15.5. The summed E-state index contributed by atoms with van der Waals surface area (Å²) in [4.78, 5) is 12.0. The standard InChI is InChI=1S/C12H17BrN2O2.ClH/c1-7-5-6-14-8(2)11(7)15-12(16)9-3-4-10(13)17-9;/h3-4,7-8,11,14H,5-6H2,1-2H3,(H,15,16);1H. The fourth-order valence-electron chi connectivity index (χ4n) is 2.26. The van der Waals surface area contributed by atoms with Crippen LogP contribution in [0.1, 0.15) is 30.8 Å². The molecule has 0 radical (unpaired) electrons. The van der Waals surface area contributed by atoms with Gasteiger partial charge in [-0.3, -0.25) is 4.79 Å². The van der Waals surface area contributed by atoms with Crippen LogP contribution in [-0.4, -0.2) is 24.5 Å². The number of rotatable bonds is 2. The molecule has 2 heterocycles. The van der Waals surface area contributed by atoms with Crippen molar-refractivity contribution in [2.75, 3.05) is 6.54 Å². The lowest BCUT2D eigenvalue weighted by atomic mass is 9.89. The number of carbonyl (C=O) groups is 1. The van der Waals surface area contributed by atoms with Crippen LogP contribution in [0.5, 0.6) is 0 Å². The molecule has 1 aromatic heterocycles. The number of carbonyl (C=O) groups excluding carboxylic acids is 1. The molecular weight excluding hydrogens is 320 g/mol. The molecule has 1 amide bonds. The highest BCUT2D eigenvalue weighted by Crippen LogP contribution is 2.18. The van der Waals surface area contributed by atoms with Crippen molar-refractivity contribution in [3.63, 3.8) is 0 Å². The predicted molar refractivity (Wildman–Crippen MR) is 76.2 cm³/mol. The van der Waals surface area contributed by atoms with Crippen LogP contribution in [0.3, 0.4) is 0 Å². The van der Waals surface area contributed by atoms with Crippen molar-refractivity contribution in [3.8, 4) is 0 Å². The van der Waals surface area contributed by atoms with E-state index in [2.05, 4.69) is 40.4 Å². The van der Waals surface area contributed by atoms with E-state index >= 15 is 0 Å². The summed E-state index contributed by atoms with van der Waals surface area (Å²) in [5.74, 6) is 0.679. The molecular formula is C12H18BrClN2O2. The molecule has 18 heavy (non-hydrogen) atoms. The molecule has 1 fully saturated rings. The van der Waals surface area contributed by atoms with Gasteiger partial charge < -0.3 is 15.1 Å². The van der Waals surface area contributed by atoms with E-state index in [0.717, 1.165) is 13.0 Å². The maximum absolute atomic E-state index is 12.0. The minimum Gasteiger partial charge on any atom is -0.444 e. The summed E-state index contributed by atoms with van der Waals surface area (Å²) < 4.78 is 5.82. The molecule has 4 nitrogen and oxygen atoms in total. The summed E-state index contributed by atoms with van der Waals surface area (Å²) in [5, 5.41) is 6.40. The van der Waals surface area contributed by atoms with Gasteiger partial charge in [-0.05, 0) is 53.9 Å². The minimum absolute atomic E-state index is 0. The maximum atomic E-state index is 12.0. The van der Waals surface area contributed by atoms with Crippen molar-refractivity contribution in [1.29, 1.82) is 0 Å². The van der Waals surface area contributed by atoms with Gasteiger partial charge in [0.25, 0.3) is 5.91 Å². The number of piperidine rings is 1. The Hall–Kier alpha value is -0.520. The summed E-state index contributed by atoms with van der Waals surface area (Å²) in [7, 11) is 0. The van der Waals surface area contributed by atoms with Crippen LogP contribution in [-0.2, 0) is 0 Å². The molecule has 1 aromatic rings. The van der Waals surface area contributed by atoms with Crippen LogP contribution < -0.4 is 10.6 Å². The number of amides is 1. The number of hydrogen-bond acceptors (Lipinski definition) is 3. The highest BCUT2D eigenvalue weighted by molar-refractivity contribution is 9.10. The number of halogens is 2. The second-order valence-electron chi connectivity index (χ2n) is 4.61. The topological polar surface area (TPSA) is 54.3 Å². The molecule has 102 valence electrons. The van der Waals surface area contributed by atoms with Gasteiger partial charge in [0.2, 0.25) is 0 Å². The fraction of sp³-hybridized carbons (Fsp3) is 0.583. The third kappa shape index (κ3) is 3.49. The zero-order valence-electron chi connectivity index (χ0n) is 10.4. The Kier molecular flexibility index (Phi) is 5.69. The molecule has 3 unspecified atom stereocenters. The highest BCUT2D eigenvalue weighted by atomic mass is 79.9. The highest BCUT2D eigenvalue weighted by Gasteiger charge is 2.29. The van der Waals surface area contributed by atoms with Crippen molar-refractivity contribution in [2.24, 2.45) is 5.92 Å². The van der Waals surface area contributed by atoms with E-state index < -0.39 is 0 Å². The molecule has 1 aliphatic rings. The Morgan fingerprint density at radius 3 is 2.78 bits per heavy atom. The Morgan fingerprint density at radius 2 is 2.22 bits per heavy atom. The van der Waals surface area contributed by atoms with Crippen molar-refractivity contribution < 1.29 is 9.21 Å². The fourth-order valence-corrected chi connectivity index (χ4v) is 2.57. The van der Waals surface area contributed by atoms with Crippen LogP contribution in [0.4, 0.5) is 0 Å². The molecule has 0 aromatic carbocycles. The third-order valence-electron chi connectivity index (χ3n) is 3.31. The monoisotopic (exact) mass is 336 g/mol. The van der Waals surface area contributed by atoms with Gasteiger partial charge in [-0.15, -0.1) is 12.4 Å². The number of furan rings is 1. The Bertz CT molecular complexity index is 401. The van der Waals surface area contributed by atoms with Gasteiger partial charge in [-0.2, -0.15) is 0 Å². The van der Waals surface area contributed by atoms with Crippen LogP contribution in [0.15, 0.2) is 21.2 Å². The summed E-state index contributed by atoms with van der Waals surface area (Å²) >= 11 is 3.19. The van der Waals surface area contributed by atoms with Crippen molar-refractivity contribution in [1.82, 2.24) is 10.6 Å². The molecule has 1 saturated heterocycles. The van der Waals surface area contributed by atoms with Crippen molar-refractivity contribution in [2.45, 2.75) is 32.4 Å². The van der Waals surface area contributed by atoms with Gasteiger partial charge in [0, 0.05) is 12.1 Å². The first-order valence-electron chi connectivity index (χ1n) is 5.87. The van der Waals surface area contributed by atoms with Crippen LogP contribution in [0.25, 0.3) is 0 Å². The van der Waals surface area contributed by atoms with E-state index in [1.807, 2.05) is 0 Å². The average molecular weight is 338 g/mol. The Morgan fingerprint density at radius 1 is 1.50 bits per heavy atom. The molecule has 0 aliphatic carbocycles. The molecule has 3 atom stereocenters. The van der Waals surface area contributed by atoms with Crippen LogP contribution >= 0.6 is 28.3 Å². The number of nitrogens with one attached hydrogen (secondary N) is 2. The summed E-state index contributed by atoms with van der Waals surface area (Å²) in [6.45, 7) is 5.28. The first-order chi connectivity index (χ1) is 8.08. The quantitative estimate of drug-likeness (QED) is 0.872. The summed E-state index contributed by atoms with van der Waals surface area (Å²) in [5.41, 5.74) is 0. The molecule has 2 N–H and O–H groups in total. The lowest BCUT2D eigenvalue weighted by Gasteiger charge is -2.35. The van der Waals surface area contributed by atoms with Gasteiger partial charge in [0.15, 0.2) is 10.4 Å². The zero-order chi connectivity index (χ0) is 12.4. The lowest BCUT2D eigenvalue weighted by molar-refractivity contribution is 0.0868. The lowest BCUT2D eigenvalue weighted by Crippen LogP contribution is -2.55. The zero-order valence-corrected chi connectivity index (χ0v) is 12.8. The number of hydrogen-bond donors (Lipinski definition) is 2. The normalized spacial score (nSPS) is 27.4. The van der Waals surface area contributed by atoms with E-state index in [4.69, 9.17) is 4.42 Å². The molecule has 1 aliphatic heterocycles. The van der Waals surface area contributed by atoms with E-state index in [-0.39, 0.29) is 24.4 Å². The van der Waals surface area contributed by atoms with E-state index in [1.54, 1.807) is 12.1 Å². The second-order valence-corrected chi connectivity index (χ2v) is 5.39. The van der Waals surface area contributed by atoms with E-state index in [0.29, 0.717) is 22.4 Å². The average Bonchev–Trinajstić information content (AvgIpc) is 2.70. The smallest absolute Gasteiger partial charge is 0.287 e.